The van der Waals surface area contributed by atoms with Gasteiger partial charge in [-0.05, 0) is 43.9 Å². The number of benzene rings is 1. The number of para-hydroxylation sites is 1. The fourth-order valence-electron chi connectivity index (χ4n) is 2.49. The molecule has 0 bridgehead atoms. The van der Waals surface area contributed by atoms with Gasteiger partial charge >= 0.3 is 0 Å². The molecule has 0 spiro atoms. The molecule has 1 amide bonds. The Morgan fingerprint density at radius 1 is 1.44 bits per heavy atom. The number of hydrogen-bond donors (Lipinski definition) is 2. The summed E-state index contributed by atoms with van der Waals surface area (Å²) in [4.78, 5) is 12.2. The van der Waals surface area contributed by atoms with Crippen LogP contribution in [0.3, 0.4) is 0 Å². The van der Waals surface area contributed by atoms with Crippen LogP contribution in [0.15, 0.2) is 18.2 Å². The highest BCUT2D eigenvalue weighted by molar-refractivity contribution is 5.96. The van der Waals surface area contributed by atoms with Gasteiger partial charge in [0.05, 0.1) is 6.04 Å². The summed E-state index contributed by atoms with van der Waals surface area (Å²) in [5.41, 5.74) is 3.34. The summed E-state index contributed by atoms with van der Waals surface area (Å²) in [6.07, 6.45) is 4.20. The Morgan fingerprint density at radius 2 is 2.28 bits per heavy atom. The molecule has 2 N–H and O–H groups in total. The van der Waals surface area contributed by atoms with Gasteiger partial charge in [-0.25, -0.2) is 0 Å². The van der Waals surface area contributed by atoms with E-state index in [1.807, 2.05) is 19.1 Å². The lowest BCUT2D eigenvalue weighted by Crippen LogP contribution is -2.43. The number of nitrogens with one attached hydrogen (secondary N) is 2. The minimum atomic E-state index is -0.0249. The minimum Gasteiger partial charge on any atom is -0.324 e. The minimum absolute atomic E-state index is 0.0249. The Morgan fingerprint density at radius 3 is 2.94 bits per heavy atom. The van der Waals surface area contributed by atoms with Crippen molar-refractivity contribution in [2.75, 3.05) is 11.9 Å². The van der Waals surface area contributed by atoms with Crippen molar-refractivity contribution in [3.63, 3.8) is 0 Å². The Bertz CT molecular complexity index is 423. The first-order valence-corrected chi connectivity index (χ1v) is 6.85. The quantitative estimate of drug-likeness (QED) is 0.861. The molecule has 1 fully saturated rings. The van der Waals surface area contributed by atoms with Gasteiger partial charge in [0.15, 0.2) is 0 Å². The molecule has 0 saturated carbocycles. The number of carbonyl (C=O) groups is 1. The van der Waals surface area contributed by atoms with Gasteiger partial charge in [0.25, 0.3) is 0 Å². The molecule has 1 saturated heterocycles. The van der Waals surface area contributed by atoms with E-state index in [4.69, 9.17) is 0 Å². The van der Waals surface area contributed by atoms with Gasteiger partial charge in [-0.1, -0.05) is 31.5 Å². The summed E-state index contributed by atoms with van der Waals surface area (Å²) in [6.45, 7) is 5.11. The number of anilines is 1. The molecule has 0 unspecified atom stereocenters. The molecule has 1 aliphatic rings. The van der Waals surface area contributed by atoms with Crippen LogP contribution in [0.5, 0.6) is 0 Å². The number of amides is 1. The van der Waals surface area contributed by atoms with Crippen LogP contribution in [0.25, 0.3) is 0 Å². The Labute approximate surface area is 109 Å². The second-order valence-corrected chi connectivity index (χ2v) is 4.95. The van der Waals surface area contributed by atoms with E-state index in [2.05, 4.69) is 23.6 Å². The molecule has 3 nitrogen and oxygen atoms in total. The zero-order chi connectivity index (χ0) is 13.0. The molecule has 1 aromatic rings. The molecule has 1 aromatic carbocycles. The SMILES string of the molecule is CCc1cccc(C)c1NC(=O)[C@H]1CCCCN1. The standard InChI is InChI=1S/C15H22N2O/c1-3-12-8-6-7-11(2)14(12)17-15(18)13-9-4-5-10-16-13/h6-8,13,16H,3-5,9-10H2,1-2H3,(H,17,18)/t13-/m1/s1. The van der Waals surface area contributed by atoms with Crippen LogP contribution in [0.2, 0.25) is 0 Å². The maximum atomic E-state index is 12.2. The summed E-state index contributed by atoms with van der Waals surface area (Å²) >= 11 is 0. The topological polar surface area (TPSA) is 41.1 Å². The number of rotatable bonds is 3. The Balaban J connectivity index is 2.10. The fraction of sp³-hybridized carbons (Fsp3) is 0.533. The van der Waals surface area contributed by atoms with Crippen molar-refractivity contribution < 1.29 is 4.79 Å². The molecule has 1 heterocycles. The Hall–Kier alpha value is -1.35. The van der Waals surface area contributed by atoms with Gasteiger partial charge in [-0.3, -0.25) is 4.79 Å². The number of aryl methyl sites for hydroxylation is 2. The van der Waals surface area contributed by atoms with E-state index in [1.165, 1.54) is 12.0 Å². The van der Waals surface area contributed by atoms with Crippen molar-refractivity contribution >= 4 is 11.6 Å². The maximum absolute atomic E-state index is 12.2. The molecular formula is C15H22N2O. The van der Waals surface area contributed by atoms with Crippen molar-refractivity contribution in [1.82, 2.24) is 5.32 Å². The van der Waals surface area contributed by atoms with Crippen LogP contribution < -0.4 is 10.6 Å². The van der Waals surface area contributed by atoms with Gasteiger partial charge in [0.2, 0.25) is 5.91 Å². The zero-order valence-electron chi connectivity index (χ0n) is 11.3. The second kappa shape index (κ2) is 6.01. The van der Waals surface area contributed by atoms with E-state index >= 15 is 0 Å². The van der Waals surface area contributed by atoms with E-state index in [9.17, 15) is 4.79 Å². The summed E-state index contributed by atoms with van der Waals surface area (Å²) in [5, 5.41) is 6.38. The van der Waals surface area contributed by atoms with Crippen LogP contribution in [0.1, 0.15) is 37.3 Å². The number of piperidine rings is 1. The molecular weight excluding hydrogens is 224 g/mol. The summed E-state index contributed by atoms with van der Waals surface area (Å²) in [5.74, 6) is 0.110. The molecule has 1 atom stereocenters. The third-order valence-corrected chi connectivity index (χ3v) is 3.61. The van der Waals surface area contributed by atoms with Crippen molar-refractivity contribution in [3.8, 4) is 0 Å². The van der Waals surface area contributed by atoms with Crippen molar-refractivity contribution in [2.45, 2.75) is 45.6 Å². The average Bonchev–Trinajstić information content (AvgIpc) is 2.42. The van der Waals surface area contributed by atoms with E-state index in [1.54, 1.807) is 0 Å². The van der Waals surface area contributed by atoms with E-state index in [0.29, 0.717) is 0 Å². The number of hydrogen-bond acceptors (Lipinski definition) is 2. The molecule has 1 aliphatic heterocycles. The molecule has 18 heavy (non-hydrogen) atoms. The van der Waals surface area contributed by atoms with Gasteiger partial charge in [-0.2, -0.15) is 0 Å². The lowest BCUT2D eigenvalue weighted by atomic mass is 10.0. The summed E-state index contributed by atoms with van der Waals surface area (Å²) in [7, 11) is 0. The van der Waals surface area contributed by atoms with Gasteiger partial charge in [-0.15, -0.1) is 0 Å². The third-order valence-electron chi connectivity index (χ3n) is 3.61. The van der Waals surface area contributed by atoms with Crippen molar-refractivity contribution in [3.05, 3.63) is 29.3 Å². The van der Waals surface area contributed by atoms with E-state index in [-0.39, 0.29) is 11.9 Å². The average molecular weight is 246 g/mol. The van der Waals surface area contributed by atoms with Gasteiger partial charge in [0, 0.05) is 5.69 Å². The normalized spacial score (nSPS) is 19.6. The lowest BCUT2D eigenvalue weighted by Gasteiger charge is -2.23. The second-order valence-electron chi connectivity index (χ2n) is 4.95. The smallest absolute Gasteiger partial charge is 0.241 e. The first-order valence-electron chi connectivity index (χ1n) is 6.85. The summed E-state index contributed by atoms with van der Waals surface area (Å²) in [6, 6.07) is 6.14. The van der Waals surface area contributed by atoms with Crippen molar-refractivity contribution in [1.29, 1.82) is 0 Å². The van der Waals surface area contributed by atoms with E-state index < -0.39 is 0 Å². The molecule has 98 valence electrons. The van der Waals surface area contributed by atoms with Crippen LogP contribution >= 0.6 is 0 Å². The molecule has 0 radical (unpaired) electrons. The summed E-state index contributed by atoms with van der Waals surface area (Å²) < 4.78 is 0. The van der Waals surface area contributed by atoms with Crippen LogP contribution in [-0.4, -0.2) is 18.5 Å². The fourth-order valence-corrected chi connectivity index (χ4v) is 2.49. The van der Waals surface area contributed by atoms with Crippen molar-refractivity contribution in [2.24, 2.45) is 0 Å². The highest BCUT2D eigenvalue weighted by Crippen LogP contribution is 2.21. The largest absolute Gasteiger partial charge is 0.324 e. The maximum Gasteiger partial charge on any atom is 0.241 e. The third kappa shape index (κ3) is 2.91. The predicted molar refractivity (Wildman–Crippen MR) is 74.8 cm³/mol. The zero-order valence-corrected chi connectivity index (χ0v) is 11.3. The van der Waals surface area contributed by atoms with Crippen LogP contribution in [-0.2, 0) is 11.2 Å². The van der Waals surface area contributed by atoms with Gasteiger partial charge in [0.1, 0.15) is 0 Å². The first-order chi connectivity index (χ1) is 8.72. The Kier molecular flexibility index (Phi) is 4.37. The molecule has 3 heteroatoms. The van der Waals surface area contributed by atoms with Crippen LogP contribution in [0, 0.1) is 6.92 Å². The monoisotopic (exact) mass is 246 g/mol. The predicted octanol–water partition coefficient (Wildman–Crippen LogP) is 2.64. The highest BCUT2D eigenvalue weighted by Gasteiger charge is 2.21. The molecule has 2 rings (SSSR count). The van der Waals surface area contributed by atoms with Gasteiger partial charge < -0.3 is 10.6 Å². The molecule has 0 aliphatic carbocycles. The van der Waals surface area contributed by atoms with Crippen LogP contribution in [0.4, 0.5) is 5.69 Å². The first kappa shape index (κ1) is 13.1. The lowest BCUT2D eigenvalue weighted by molar-refractivity contribution is -0.118. The van der Waals surface area contributed by atoms with E-state index in [0.717, 1.165) is 37.1 Å². The number of carbonyl (C=O) groups excluding carboxylic acids is 1. The highest BCUT2D eigenvalue weighted by atomic mass is 16.2. The molecule has 0 aromatic heterocycles.